The summed E-state index contributed by atoms with van der Waals surface area (Å²) in [6, 6.07) is 7.45. The summed E-state index contributed by atoms with van der Waals surface area (Å²) < 4.78 is 20.5. The van der Waals surface area contributed by atoms with Crippen LogP contribution in [-0.2, 0) is 6.42 Å². The lowest BCUT2D eigenvalue weighted by Gasteiger charge is -2.22. The van der Waals surface area contributed by atoms with E-state index in [0.29, 0.717) is 18.0 Å². The molecule has 1 atom stereocenters. The summed E-state index contributed by atoms with van der Waals surface area (Å²) in [6.45, 7) is 6.03. The Bertz CT molecular complexity index is 774. The fourth-order valence-corrected chi connectivity index (χ4v) is 4.46. The predicted molar refractivity (Wildman–Crippen MR) is 147 cm³/mol. The molecule has 1 heterocycles. The van der Waals surface area contributed by atoms with Gasteiger partial charge in [-0.15, -0.1) is 0 Å². The monoisotopic (exact) mass is 484 g/mol. The van der Waals surface area contributed by atoms with Crippen molar-refractivity contribution >= 4 is 0 Å². The standard InChI is InChI=1S/C31H49FN2O/c1-4-6-8-10-12-14-16-18-24-31(3,32)35-29-22-20-28(21-23-29)30-33-25-27(26-34-30)19-17-15-13-11-9-7-5-2/h20-23,25-26H,4-19,24H2,1-3H3. The molecule has 0 aliphatic carbocycles. The number of rotatable bonds is 20. The zero-order chi connectivity index (χ0) is 25.2. The largest absolute Gasteiger partial charge is 0.458 e. The highest BCUT2D eigenvalue weighted by atomic mass is 19.2. The molecule has 0 fully saturated rings. The van der Waals surface area contributed by atoms with E-state index in [4.69, 9.17) is 4.74 Å². The highest BCUT2D eigenvalue weighted by Crippen LogP contribution is 2.27. The smallest absolute Gasteiger partial charge is 0.245 e. The van der Waals surface area contributed by atoms with E-state index in [1.54, 1.807) is 0 Å². The summed E-state index contributed by atoms with van der Waals surface area (Å²) in [5.41, 5.74) is 2.11. The van der Waals surface area contributed by atoms with Crippen molar-refractivity contribution in [1.29, 1.82) is 0 Å². The van der Waals surface area contributed by atoms with Gasteiger partial charge >= 0.3 is 0 Å². The zero-order valence-electron chi connectivity index (χ0n) is 22.7. The van der Waals surface area contributed by atoms with Gasteiger partial charge in [0.15, 0.2) is 5.82 Å². The Kier molecular flexibility index (Phi) is 14.6. The predicted octanol–water partition coefficient (Wildman–Crippen LogP) is 10.0. The molecule has 1 unspecified atom stereocenters. The first-order valence-corrected chi connectivity index (χ1v) is 14.3. The van der Waals surface area contributed by atoms with Crippen LogP contribution in [0.15, 0.2) is 36.7 Å². The molecule has 0 bridgehead atoms. The van der Waals surface area contributed by atoms with Crippen molar-refractivity contribution in [2.45, 2.75) is 136 Å². The Morgan fingerprint density at radius 2 is 1.17 bits per heavy atom. The van der Waals surface area contributed by atoms with E-state index in [0.717, 1.165) is 24.8 Å². The van der Waals surface area contributed by atoms with E-state index >= 15 is 0 Å². The van der Waals surface area contributed by atoms with Crippen molar-refractivity contribution in [2.75, 3.05) is 0 Å². The van der Waals surface area contributed by atoms with Crippen molar-refractivity contribution in [3.63, 3.8) is 0 Å². The molecule has 1 aromatic carbocycles. The van der Waals surface area contributed by atoms with Crippen LogP contribution in [0.25, 0.3) is 11.4 Å². The average Bonchev–Trinajstić information content (AvgIpc) is 2.86. The van der Waals surface area contributed by atoms with E-state index in [9.17, 15) is 4.39 Å². The van der Waals surface area contributed by atoms with Crippen LogP contribution in [0.1, 0.15) is 129 Å². The highest BCUT2D eigenvalue weighted by Gasteiger charge is 2.24. The molecular weight excluding hydrogens is 435 g/mol. The van der Waals surface area contributed by atoms with Crippen LogP contribution in [0.3, 0.4) is 0 Å². The first-order valence-electron chi connectivity index (χ1n) is 14.3. The summed E-state index contributed by atoms with van der Waals surface area (Å²) in [4.78, 5) is 9.10. The second kappa shape index (κ2) is 17.5. The minimum Gasteiger partial charge on any atom is -0.458 e. The maximum Gasteiger partial charge on any atom is 0.245 e. The number of hydrogen-bond acceptors (Lipinski definition) is 3. The minimum atomic E-state index is -1.64. The van der Waals surface area contributed by atoms with Crippen LogP contribution in [0.2, 0.25) is 0 Å². The quantitative estimate of drug-likeness (QED) is 0.175. The van der Waals surface area contributed by atoms with E-state index in [1.807, 2.05) is 36.7 Å². The van der Waals surface area contributed by atoms with E-state index < -0.39 is 5.85 Å². The Morgan fingerprint density at radius 3 is 1.71 bits per heavy atom. The second-order valence-electron chi connectivity index (χ2n) is 10.2. The molecule has 0 radical (unpaired) electrons. The van der Waals surface area contributed by atoms with E-state index in [2.05, 4.69) is 23.8 Å². The molecule has 0 N–H and O–H groups in total. The average molecular weight is 485 g/mol. The normalized spacial score (nSPS) is 13.0. The lowest BCUT2D eigenvalue weighted by molar-refractivity contribution is -0.0530. The first-order chi connectivity index (χ1) is 17.0. The molecule has 1 aromatic heterocycles. The Morgan fingerprint density at radius 1 is 0.686 bits per heavy atom. The fraction of sp³-hybridized carbons (Fsp3) is 0.677. The molecule has 0 spiro atoms. The molecule has 0 amide bonds. The van der Waals surface area contributed by atoms with Crippen molar-refractivity contribution in [2.24, 2.45) is 0 Å². The van der Waals surface area contributed by atoms with Gasteiger partial charge in [0.25, 0.3) is 0 Å². The van der Waals surface area contributed by atoms with Crippen molar-refractivity contribution in [3.05, 3.63) is 42.2 Å². The van der Waals surface area contributed by atoms with Gasteiger partial charge in [-0.25, -0.2) is 9.97 Å². The molecule has 0 saturated heterocycles. The van der Waals surface area contributed by atoms with Crippen LogP contribution < -0.4 is 4.74 Å². The van der Waals surface area contributed by atoms with Gasteiger partial charge in [0.2, 0.25) is 5.85 Å². The van der Waals surface area contributed by atoms with Gasteiger partial charge in [-0.2, -0.15) is 4.39 Å². The second-order valence-corrected chi connectivity index (χ2v) is 10.2. The summed E-state index contributed by atoms with van der Waals surface area (Å²) in [5, 5.41) is 0. The molecule has 0 aliphatic heterocycles. The third-order valence-corrected chi connectivity index (χ3v) is 6.69. The Labute approximate surface area is 214 Å². The van der Waals surface area contributed by atoms with Crippen LogP contribution >= 0.6 is 0 Å². The van der Waals surface area contributed by atoms with Crippen LogP contribution in [0.4, 0.5) is 4.39 Å². The number of ether oxygens (including phenoxy) is 1. The number of halogens is 1. The van der Waals surface area contributed by atoms with Crippen LogP contribution in [-0.4, -0.2) is 15.8 Å². The van der Waals surface area contributed by atoms with Crippen LogP contribution in [0.5, 0.6) is 5.75 Å². The number of benzene rings is 1. The molecule has 196 valence electrons. The van der Waals surface area contributed by atoms with Gasteiger partial charge in [0.05, 0.1) is 0 Å². The lowest BCUT2D eigenvalue weighted by Crippen LogP contribution is -2.26. The van der Waals surface area contributed by atoms with Gasteiger partial charge < -0.3 is 4.74 Å². The number of hydrogen-bond donors (Lipinski definition) is 0. The molecule has 2 rings (SSSR count). The van der Waals surface area contributed by atoms with Gasteiger partial charge in [-0.1, -0.05) is 97.3 Å². The summed E-state index contributed by atoms with van der Waals surface area (Å²) in [5.74, 6) is -0.395. The van der Waals surface area contributed by atoms with Crippen molar-refractivity contribution < 1.29 is 9.13 Å². The number of nitrogens with zero attached hydrogens (tertiary/aromatic N) is 2. The number of alkyl halides is 1. The lowest BCUT2D eigenvalue weighted by atomic mass is 10.1. The Balaban J connectivity index is 1.69. The molecule has 3 nitrogen and oxygen atoms in total. The van der Waals surface area contributed by atoms with Crippen LogP contribution in [0, 0.1) is 0 Å². The topological polar surface area (TPSA) is 35.0 Å². The van der Waals surface area contributed by atoms with Gasteiger partial charge in [-0.3, -0.25) is 0 Å². The Hall–Kier alpha value is -1.97. The third kappa shape index (κ3) is 13.1. The zero-order valence-corrected chi connectivity index (χ0v) is 22.7. The molecule has 2 aromatic rings. The third-order valence-electron chi connectivity index (χ3n) is 6.69. The number of aryl methyl sites for hydroxylation is 1. The maximum absolute atomic E-state index is 14.9. The number of aromatic nitrogens is 2. The van der Waals surface area contributed by atoms with E-state index in [1.165, 1.54) is 96.0 Å². The highest BCUT2D eigenvalue weighted by molar-refractivity contribution is 5.55. The van der Waals surface area contributed by atoms with Gasteiger partial charge in [0.1, 0.15) is 5.75 Å². The van der Waals surface area contributed by atoms with Crippen molar-refractivity contribution in [3.8, 4) is 17.1 Å². The van der Waals surface area contributed by atoms with Gasteiger partial charge in [-0.05, 0) is 49.1 Å². The molecule has 4 heteroatoms. The summed E-state index contributed by atoms with van der Waals surface area (Å²) in [6.07, 6.45) is 24.1. The molecule has 0 saturated carbocycles. The molecule has 35 heavy (non-hydrogen) atoms. The maximum atomic E-state index is 14.9. The number of unbranched alkanes of at least 4 members (excludes halogenated alkanes) is 13. The first kappa shape index (κ1) is 29.3. The summed E-state index contributed by atoms with van der Waals surface area (Å²) in [7, 11) is 0. The molecule has 0 aliphatic rings. The van der Waals surface area contributed by atoms with Gasteiger partial charge in [0, 0.05) is 31.3 Å². The van der Waals surface area contributed by atoms with Crippen molar-refractivity contribution in [1.82, 2.24) is 9.97 Å². The van der Waals surface area contributed by atoms with E-state index in [-0.39, 0.29) is 0 Å². The minimum absolute atomic E-state index is 0.424. The SMILES string of the molecule is CCCCCCCCCCC(C)(F)Oc1ccc(-c2ncc(CCCCCCCCC)cn2)cc1. The molecular formula is C31H49FN2O. The fourth-order valence-electron chi connectivity index (χ4n) is 4.46. The summed E-state index contributed by atoms with van der Waals surface area (Å²) >= 11 is 0.